The second-order valence-electron chi connectivity index (χ2n) is 5.06. The molecule has 0 unspecified atom stereocenters. The molecule has 0 saturated heterocycles. The Kier molecular flexibility index (Phi) is 5.05. The number of Topliss-reactive ketones (excluding diaryl/α,β-unsaturated/α-hetero) is 1. The fourth-order valence-corrected chi connectivity index (χ4v) is 4.44. The second kappa shape index (κ2) is 6.91. The van der Waals surface area contributed by atoms with Gasteiger partial charge in [-0.25, -0.2) is 4.98 Å². The molecule has 1 aromatic carbocycles. The Bertz CT molecular complexity index is 1050. The van der Waals surface area contributed by atoms with Crippen LogP contribution >= 0.6 is 51.2 Å². The van der Waals surface area contributed by atoms with Crippen LogP contribution in [-0.4, -0.2) is 25.7 Å². The van der Waals surface area contributed by atoms with Crippen molar-refractivity contribution in [3.8, 4) is 0 Å². The number of halogens is 1. The number of aryl methyl sites for hydroxylation is 1. The lowest BCUT2D eigenvalue weighted by atomic mass is 10.2. The second-order valence-corrected chi connectivity index (χ2v) is 8.56. The summed E-state index contributed by atoms with van der Waals surface area (Å²) in [4.78, 5) is 29.2. The fraction of sp³-hybridized carbons (Fsp3) is 0.200. The highest BCUT2D eigenvalue weighted by atomic mass is 79.9. The number of thiazole rings is 1. The van der Waals surface area contributed by atoms with Gasteiger partial charge in [0.2, 0.25) is 0 Å². The van der Waals surface area contributed by atoms with Crippen molar-refractivity contribution < 1.29 is 4.79 Å². The summed E-state index contributed by atoms with van der Waals surface area (Å²) < 4.78 is 5.24. The van der Waals surface area contributed by atoms with Gasteiger partial charge in [-0.1, -0.05) is 51.2 Å². The van der Waals surface area contributed by atoms with Gasteiger partial charge >= 0.3 is 0 Å². The third kappa shape index (κ3) is 3.26. The number of ketones is 1. The molecule has 3 aromatic rings. The van der Waals surface area contributed by atoms with Gasteiger partial charge in [-0.05, 0) is 24.4 Å². The predicted molar refractivity (Wildman–Crippen MR) is 104 cm³/mol. The Labute approximate surface area is 159 Å². The van der Waals surface area contributed by atoms with Crippen LogP contribution in [0.5, 0.6) is 0 Å². The van der Waals surface area contributed by atoms with Crippen LogP contribution in [-0.2, 0) is 14.1 Å². The van der Waals surface area contributed by atoms with E-state index in [1.54, 1.807) is 30.8 Å². The van der Waals surface area contributed by atoms with Crippen molar-refractivity contribution in [1.82, 2.24) is 14.1 Å². The zero-order valence-corrected chi connectivity index (χ0v) is 16.8. The standard InChI is InChI=1S/C15H12BrN3O2S3/c1-18-12-11(24-15(18)22)13(21)19(2)14(17-12)23-7-10(20)8-3-5-9(16)6-4-8/h3-6H,7H2,1-2H3. The van der Waals surface area contributed by atoms with Crippen molar-refractivity contribution in [2.24, 2.45) is 14.1 Å². The van der Waals surface area contributed by atoms with Crippen molar-refractivity contribution in [2.75, 3.05) is 5.75 Å². The predicted octanol–water partition coefficient (Wildman–Crippen LogP) is 3.80. The molecule has 9 heteroatoms. The average molecular weight is 442 g/mol. The van der Waals surface area contributed by atoms with Gasteiger partial charge in [0.25, 0.3) is 5.56 Å². The smallest absolute Gasteiger partial charge is 0.273 e. The molecule has 0 amide bonds. The van der Waals surface area contributed by atoms with Gasteiger partial charge in [-0.2, -0.15) is 0 Å². The number of nitrogens with zero attached hydrogens (tertiary/aromatic N) is 3. The maximum atomic E-state index is 12.4. The van der Waals surface area contributed by atoms with E-state index in [1.165, 1.54) is 27.7 Å². The topological polar surface area (TPSA) is 56.9 Å². The lowest BCUT2D eigenvalue weighted by Gasteiger charge is -2.07. The number of carbonyl (C=O) groups excluding carboxylic acids is 1. The number of hydrogen-bond donors (Lipinski definition) is 0. The van der Waals surface area contributed by atoms with Crippen LogP contribution in [0.25, 0.3) is 10.3 Å². The highest BCUT2D eigenvalue weighted by molar-refractivity contribution is 9.10. The molecule has 5 nitrogen and oxygen atoms in total. The van der Waals surface area contributed by atoms with Gasteiger partial charge < -0.3 is 4.57 Å². The molecule has 0 spiro atoms. The number of fused-ring (bicyclic) bond motifs is 1. The van der Waals surface area contributed by atoms with E-state index < -0.39 is 0 Å². The molecule has 0 aliphatic rings. The van der Waals surface area contributed by atoms with E-state index in [9.17, 15) is 9.59 Å². The molecule has 0 aliphatic heterocycles. The molecule has 2 aromatic heterocycles. The summed E-state index contributed by atoms with van der Waals surface area (Å²) in [6, 6.07) is 7.19. The van der Waals surface area contributed by atoms with Crippen molar-refractivity contribution in [2.45, 2.75) is 5.16 Å². The average Bonchev–Trinajstić information content (AvgIpc) is 2.85. The first-order valence-electron chi connectivity index (χ1n) is 6.86. The van der Waals surface area contributed by atoms with E-state index >= 15 is 0 Å². The Morgan fingerprint density at radius 1 is 1.29 bits per heavy atom. The van der Waals surface area contributed by atoms with Crippen molar-refractivity contribution in [3.05, 3.63) is 48.6 Å². The first kappa shape index (κ1) is 17.5. The van der Waals surface area contributed by atoms with E-state index in [1.807, 2.05) is 12.1 Å². The number of benzene rings is 1. The highest BCUT2D eigenvalue weighted by Gasteiger charge is 2.15. The van der Waals surface area contributed by atoms with E-state index in [2.05, 4.69) is 20.9 Å². The molecular weight excluding hydrogens is 430 g/mol. The van der Waals surface area contributed by atoms with Crippen LogP contribution in [0.2, 0.25) is 0 Å². The molecular formula is C15H12BrN3O2S3. The van der Waals surface area contributed by atoms with Gasteiger partial charge in [-0.15, -0.1) is 0 Å². The summed E-state index contributed by atoms with van der Waals surface area (Å²) in [5, 5.41) is 0.501. The molecule has 124 valence electrons. The lowest BCUT2D eigenvalue weighted by molar-refractivity contribution is 0.102. The first-order valence-corrected chi connectivity index (χ1v) is 9.87. The lowest BCUT2D eigenvalue weighted by Crippen LogP contribution is -2.20. The summed E-state index contributed by atoms with van der Waals surface area (Å²) >= 11 is 11.1. The Hall–Kier alpha value is -1.29. The molecule has 0 aliphatic carbocycles. The number of aromatic nitrogens is 3. The van der Waals surface area contributed by atoms with Crippen molar-refractivity contribution >= 4 is 67.4 Å². The third-order valence-corrected chi connectivity index (χ3v) is 6.56. The summed E-state index contributed by atoms with van der Waals surface area (Å²) in [5.74, 6) is 0.197. The molecule has 0 radical (unpaired) electrons. The monoisotopic (exact) mass is 441 g/mol. The maximum Gasteiger partial charge on any atom is 0.273 e. The largest absolute Gasteiger partial charge is 0.311 e. The van der Waals surface area contributed by atoms with Crippen molar-refractivity contribution in [3.63, 3.8) is 0 Å². The number of rotatable bonds is 4. The summed E-state index contributed by atoms with van der Waals surface area (Å²) in [7, 11) is 3.44. The Morgan fingerprint density at radius 2 is 1.96 bits per heavy atom. The molecule has 3 rings (SSSR count). The normalized spacial score (nSPS) is 11.1. The molecule has 0 atom stereocenters. The number of carbonyl (C=O) groups is 1. The van der Waals surface area contributed by atoms with Crippen LogP contribution in [0.1, 0.15) is 10.4 Å². The number of hydrogen-bond acceptors (Lipinski definition) is 6. The van der Waals surface area contributed by atoms with E-state index in [0.717, 1.165) is 4.47 Å². The zero-order chi connectivity index (χ0) is 17.4. The van der Waals surface area contributed by atoms with Crippen molar-refractivity contribution in [1.29, 1.82) is 0 Å². The molecule has 0 N–H and O–H groups in total. The minimum Gasteiger partial charge on any atom is -0.311 e. The minimum absolute atomic E-state index is 0.0134. The van der Waals surface area contributed by atoms with Gasteiger partial charge in [0.05, 0.1) is 5.75 Å². The van der Waals surface area contributed by atoms with E-state index in [4.69, 9.17) is 12.2 Å². The van der Waals surface area contributed by atoms with Gasteiger partial charge in [0.15, 0.2) is 20.5 Å². The Balaban J connectivity index is 1.90. The molecule has 24 heavy (non-hydrogen) atoms. The molecule has 0 fully saturated rings. The van der Waals surface area contributed by atoms with Crippen LogP contribution < -0.4 is 5.56 Å². The van der Waals surface area contributed by atoms with Crippen LogP contribution in [0.15, 0.2) is 38.7 Å². The minimum atomic E-state index is -0.143. The quantitative estimate of drug-likeness (QED) is 0.266. The molecule has 0 saturated carbocycles. The summed E-state index contributed by atoms with van der Waals surface area (Å²) in [6.07, 6.45) is 0. The maximum absolute atomic E-state index is 12.4. The van der Waals surface area contributed by atoms with Crippen LogP contribution in [0.3, 0.4) is 0 Å². The molecule has 2 heterocycles. The Morgan fingerprint density at radius 3 is 2.62 bits per heavy atom. The SMILES string of the molecule is Cn1c(SCC(=O)c2ccc(Br)cc2)nc2c(sc(=S)n2C)c1=O. The van der Waals surface area contributed by atoms with Crippen LogP contribution in [0, 0.1) is 3.95 Å². The van der Waals surface area contributed by atoms with E-state index in [0.29, 0.717) is 25.0 Å². The first-order chi connectivity index (χ1) is 11.4. The summed E-state index contributed by atoms with van der Waals surface area (Å²) in [6.45, 7) is 0. The van der Waals surface area contributed by atoms with Gasteiger partial charge in [0, 0.05) is 24.1 Å². The van der Waals surface area contributed by atoms with Crippen LogP contribution in [0.4, 0.5) is 0 Å². The summed E-state index contributed by atoms with van der Waals surface area (Å²) in [5.41, 5.74) is 1.05. The zero-order valence-electron chi connectivity index (χ0n) is 12.8. The van der Waals surface area contributed by atoms with Gasteiger partial charge in [0.1, 0.15) is 4.70 Å². The highest BCUT2D eigenvalue weighted by Crippen LogP contribution is 2.22. The fourth-order valence-electron chi connectivity index (χ4n) is 2.09. The van der Waals surface area contributed by atoms with E-state index in [-0.39, 0.29) is 17.1 Å². The number of thioether (sulfide) groups is 1. The molecule has 0 bridgehead atoms. The third-order valence-electron chi connectivity index (χ3n) is 3.47. The van der Waals surface area contributed by atoms with Gasteiger partial charge in [-0.3, -0.25) is 14.2 Å².